The monoisotopic (exact) mass is 270 g/mol. The van der Waals surface area contributed by atoms with Crippen LogP contribution in [0.5, 0.6) is 0 Å². The van der Waals surface area contributed by atoms with Crippen molar-refractivity contribution >= 4 is 0 Å². The third kappa shape index (κ3) is 8.61. The van der Waals surface area contributed by atoms with Crippen molar-refractivity contribution in [1.82, 2.24) is 9.80 Å². The number of rotatable bonds is 6. The highest BCUT2D eigenvalue weighted by atomic mass is 16.3. The lowest BCUT2D eigenvalue weighted by atomic mass is 9.90. The maximum absolute atomic E-state index is 9.76. The summed E-state index contributed by atoms with van der Waals surface area (Å²) in [6, 6.07) is 0. The SMILES string of the molecule is CC(C)(C)CCCN1CCN(CCC(C)(C)O)CC1. The zero-order chi connectivity index (χ0) is 14.5. The van der Waals surface area contributed by atoms with Crippen LogP contribution in [0.15, 0.2) is 0 Å². The first-order valence-corrected chi connectivity index (χ1v) is 7.83. The average molecular weight is 270 g/mol. The summed E-state index contributed by atoms with van der Waals surface area (Å²) < 4.78 is 0. The van der Waals surface area contributed by atoms with Gasteiger partial charge in [0.15, 0.2) is 0 Å². The Hall–Kier alpha value is -0.120. The summed E-state index contributed by atoms with van der Waals surface area (Å²) in [7, 11) is 0. The van der Waals surface area contributed by atoms with E-state index in [0.717, 1.165) is 26.1 Å². The molecule has 1 fully saturated rings. The quantitative estimate of drug-likeness (QED) is 0.803. The molecule has 1 heterocycles. The second-order valence-electron chi connectivity index (χ2n) is 7.91. The third-order valence-corrected chi connectivity index (χ3v) is 3.91. The standard InChI is InChI=1S/C16H34N2O/c1-15(2,3)7-6-9-17-11-13-18(14-12-17)10-8-16(4,5)19/h19H,6-14H2,1-5H3. The first kappa shape index (κ1) is 16.9. The van der Waals surface area contributed by atoms with E-state index in [2.05, 4.69) is 30.6 Å². The molecule has 1 rings (SSSR count). The minimum atomic E-state index is -0.524. The number of hydrogen-bond acceptors (Lipinski definition) is 3. The van der Waals surface area contributed by atoms with Crippen LogP contribution < -0.4 is 0 Å². The second kappa shape index (κ2) is 7.05. The van der Waals surface area contributed by atoms with E-state index in [1.165, 1.54) is 32.5 Å². The van der Waals surface area contributed by atoms with Crippen LogP contribution in [-0.2, 0) is 0 Å². The summed E-state index contributed by atoms with van der Waals surface area (Å²) >= 11 is 0. The van der Waals surface area contributed by atoms with Gasteiger partial charge in [-0.15, -0.1) is 0 Å². The topological polar surface area (TPSA) is 26.7 Å². The van der Waals surface area contributed by atoms with Crippen molar-refractivity contribution in [2.75, 3.05) is 39.3 Å². The van der Waals surface area contributed by atoms with Crippen LogP contribution in [-0.4, -0.2) is 59.8 Å². The molecule has 1 aliphatic heterocycles. The van der Waals surface area contributed by atoms with E-state index in [0.29, 0.717) is 5.41 Å². The predicted octanol–water partition coefficient (Wildman–Crippen LogP) is 2.59. The second-order valence-corrected chi connectivity index (χ2v) is 7.91. The Kier molecular flexibility index (Phi) is 6.28. The van der Waals surface area contributed by atoms with Crippen molar-refractivity contribution in [3.05, 3.63) is 0 Å². The number of aliphatic hydroxyl groups is 1. The Morgan fingerprint density at radius 3 is 1.68 bits per heavy atom. The van der Waals surface area contributed by atoms with Gasteiger partial charge in [0.1, 0.15) is 0 Å². The van der Waals surface area contributed by atoms with E-state index in [4.69, 9.17) is 0 Å². The number of nitrogens with zero attached hydrogens (tertiary/aromatic N) is 2. The lowest BCUT2D eigenvalue weighted by Gasteiger charge is -2.36. The van der Waals surface area contributed by atoms with Gasteiger partial charge in [-0.2, -0.15) is 0 Å². The third-order valence-electron chi connectivity index (χ3n) is 3.91. The fourth-order valence-electron chi connectivity index (χ4n) is 2.50. The highest BCUT2D eigenvalue weighted by Crippen LogP contribution is 2.20. The molecule has 0 aromatic heterocycles. The lowest BCUT2D eigenvalue weighted by molar-refractivity contribution is 0.0471. The Labute approximate surface area is 120 Å². The van der Waals surface area contributed by atoms with Crippen LogP contribution in [0, 0.1) is 5.41 Å². The van der Waals surface area contributed by atoms with Crippen LogP contribution in [0.25, 0.3) is 0 Å². The van der Waals surface area contributed by atoms with Crippen molar-refractivity contribution in [3.8, 4) is 0 Å². The van der Waals surface area contributed by atoms with Gasteiger partial charge >= 0.3 is 0 Å². The van der Waals surface area contributed by atoms with Gasteiger partial charge in [0.2, 0.25) is 0 Å². The van der Waals surface area contributed by atoms with E-state index in [-0.39, 0.29) is 0 Å². The molecule has 0 aliphatic carbocycles. The molecule has 0 aromatic rings. The summed E-state index contributed by atoms with van der Waals surface area (Å²) in [5, 5.41) is 9.76. The maximum Gasteiger partial charge on any atom is 0.0603 e. The molecule has 3 nitrogen and oxygen atoms in total. The van der Waals surface area contributed by atoms with Crippen LogP contribution in [0.1, 0.15) is 53.9 Å². The van der Waals surface area contributed by atoms with Crippen molar-refractivity contribution in [3.63, 3.8) is 0 Å². The molecule has 0 unspecified atom stereocenters. The Morgan fingerprint density at radius 2 is 1.26 bits per heavy atom. The van der Waals surface area contributed by atoms with E-state index in [1.807, 2.05) is 13.8 Å². The summed E-state index contributed by atoms with van der Waals surface area (Å²) in [6.07, 6.45) is 3.50. The average Bonchev–Trinajstić information content (AvgIpc) is 2.25. The molecule has 0 aromatic carbocycles. The van der Waals surface area contributed by atoms with Crippen LogP contribution in [0.2, 0.25) is 0 Å². The van der Waals surface area contributed by atoms with Crippen LogP contribution in [0.4, 0.5) is 0 Å². The largest absolute Gasteiger partial charge is 0.390 e. The van der Waals surface area contributed by atoms with Gasteiger partial charge in [-0.1, -0.05) is 20.8 Å². The van der Waals surface area contributed by atoms with E-state index < -0.39 is 5.60 Å². The Morgan fingerprint density at radius 1 is 0.789 bits per heavy atom. The molecule has 0 atom stereocenters. The van der Waals surface area contributed by atoms with Crippen molar-refractivity contribution in [2.45, 2.75) is 59.5 Å². The number of piperazine rings is 1. The minimum absolute atomic E-state index is 0.467. The molecular formula is C16H34N2O. The normalized spacial score (nSPS) is 19.9. The zero-order valence-electron chi connectivity index (χ0n) is 13.7. The van der Waals surface area contributed by atoms with Crippen molar-refractivity contribution in [2.24, 2.45) is 5.41 Å². The number of hydrogen-bond donors (Lipinski definition) is 1. The van der Waals surface area contributed by atoms with Crippen molar-refractivity contribution < 1.29 is 5.11 Å². The highest BCUT2D eigenvalue weighted by molar-refractivity contribution is 4.75. The molecule has 0 bridgehead atoms. The fraction of sp³-hybridized carbons (Fsp3) is 1.00. The molecule has 1 aliphatic rings. The molecule has 3 heteroatoms. The Bertz CT molecular complexity index is 244. The van der Waals surface area contributed by atoms with Gasteiger partial charge in [0, 0.05) is 32.7 Å². The van der Waals surface area contributed by atoms with E-state index >= 15 is 0 Å². The molecule has 114 valence electrons. The van der Waals surface area contributed by atoms with Gasteiger partial charge in [0.05, 0.1) is 5.60 Å². The maximum atomic E-state index is 9.76. The molecule has 0 saturated carbocycles. The molecule has 19 heavy (non-hydrogen) atoms. The van der Waals surface area contributed by atoms with E-state index in [9.17, 15) is 5.11 Å². The van der Waals surface area contributed by atoms with Gasteiger partial charge in [0.25, 0.3) is 0 Å². The molecule has 0 radical (unpaired) electrons. The molecular weight excluding hydrogens is 236 g/mol. The lowest BCUT2D eigenvalue weighted by Crippen LogP contribution is -2.47. The van der Waals surface area contributed by atoms with E-state index in [1.54, 1.807) is 0 Å². The molecule has 1 N–H and O–H groups in total. The highest BCUT2D eigenvalue weighted by Gasteiger charge is 2.20. The van der Waals surface area contributed by atoms with Crippen molar-refractivity contribution in [1.29, 1.82) is 0 Å². The zero-order valence-corrected chi connectivity index (χ0v) is 13.7. The summed E-state index contributed by atoms with van der Waals surface area (Å²) in [5.74, 6) is 0. The molecule has 1 saturated heterocycles. The van der Waals surface area contributed by atoms with Gasteiger partial charge in [-0.25, -0.2) is 0 Å². The van der Waals surface area contributed by atoms with Crippen LogP contribution in [0.3, 0.4) is 0 Å². The summed E-state index contributed by atoms with van der Waals surface area (Å²) in [5.41, 5.74) is -0.0572. The fourth-order valence-corrected chi connectivity index (χ4v) is 2.50. The van der Waals surface area contributed by atoms with Gasteiger partial charge in [-0.05, 0) is 45.1 Å². The smallest absolute Gasteiger partial charge is 0.0603 e. The first-order valence-electron chi connectivity index (χ1n) is 7.83. The molecule has 0 spiro atoms. The van der Waals surface area contributed by atoms with Gasteiger partial charge < -0.3 is 14.9 Å². The minimum Gasteiger partial charge on any atom is -0.390 e. The summed E-state index contributed by atoms with van der Waals surface area (Å²) in [4.78, 5) is 5.07. The van der Waals surface area contributed by atoms with Gasteiger partial charge in [-0.3, -0.25) is 0 Å². The molecule has 0 amide bonds. The first-order chi connectivity index (χ1) is 8.66. The Balaban J connectivity index is 2.12. The summed E-state index contributed by atoms with van der Waals surface area (Å²) in [6.45, 7) is 17.7. The predicted molar refractivity (Wildman–Crippen MR) is 82.5 cm³/mol. The van der Waals surface area contributed by atoms with Crippen LogP contribution >= 0.6 is 0 Å².